The van der Waals surface area contributed by atoms with Crippen molar-refractivity contribution in [3.63, 3.8) is 0 Å². The normalized spacial score (nSPS) is 17.7. The molecule has 17 heavy (non-hydrogen) atoms. The zero-order chi connectivity index (χ0) is 11.7. The van der Waals surface area contributed by atoms with Crippen LogP contribution in [-0.4, -0.2) is 5.11 Å². The molecule has 0 bridgehead atoms. The van der Waals surface area contributed by atoms with Crippen molar-refractivity contribution in [3.05, 3.63) is 57.8 Å². The molecular formula is C15H16OS. The van der Waals surface area contributed by atoms with E-state index >= 15 is 0 Å². The molecule has 1 aliphatic carbocycles. The number of rotatable bonds is 3. The quantitative estimate of drug-likeness (QED) is 0.862. The van der Waals surface area contributed by atoms with Crippen LogP contribution in [0.15, 0.2) is 41.8 Å². The van der Waals surface area contributed by atoms with Crippen molar-refractivity contribution in [2.75, 3.05) is 0 Å². The summed E-state index contributed by atoms with van der Waals surface area (Å²) in [6.45, 7) is 0. The third-order valence-electron chi connectivity index (χ3n) is 3.62. The van der Waals surface area contributed by atoms with Crippen molar-refractivity contribution in [1.82, 2.24) is 0 Å². The molecule has 2 heteroatoms. The van der Waals surface area contributed by atoms with E-state index in [0.717, 1.165) is 16.4 Å². The molecule has 0 aliphatic heterocycles. The van der Waals surface area contributed by atoms with Gasteiger partial charge in [0, 0.05) is 4.88 Å². The first-order chi connectivity index (χ1) is 8.34. The van der Waals surface area contributed by atoms with Gasteiger partial charge in [-0.1, -0.05) is 36.8 Å². The van der Waals surface area contributed by atoms with Crippen LogP contribution in [0.4, 0.5) is 0 Å². The molecule has 1 aromatic heterocycles. The molecule has 88 valence electrons. The maximum absolute atomic E-state index is 10.3. The van der Waals surface area contributed by atoms with E-state index in [4.69, 9.17) is 0 Å². The van der Waals surface area contributed by atoms with Gasteiger partial charge in [-0.2, -0.15) is 0 Å². The van der Waals surface area contributed by atoms with Crippen molar-refractivity contribution in [2.45, 2.75) is 31.3 Å². The minimum Gasteiger partial charge on any atom is -0.383 e. The summed E-state index contributed by atoms with van der Waals surface area (Å²) >= 11 is 1.61. The second-order valence-corrected chi connectivity index (χ2v) is 5.70. The van der Waals surface area contributed by atoms with E-state index in [2.05, 4.69) is 18.2 Å². The van der Waals surface area contributed by atoms with Gasteiger partial charge in [0.2, 0.25) is 0 Å². The molecule has 1 unspecified atom stereocenters. The van der Waals surface area contributed by atoms with E-state index in [1.54, 1.807) is 11.3 Å². The average molecular weight is 244 g/mol. The van der Waals surface area contributed by atoms with Gasteiger partial charge in [0.05, 0.1) is 0 Å². The van der Waals surface area contributed by atoms with E-state index in [1.807, 2.05) is 23.6 Å². The van der Waals surface area contributed by atoms with Crippen molar-refractivity contribution >= 4 is 11.3 Å². The maximum atomic E-state index is 10.3. The van der Waals surface area contributed by atoms with Gasteiger partial charge < -0.3 is 5.11 Å². The smallest absolute Gasteiger partial charge is 0.113 e. The van der Waals surface area contributed by atoms with Crippen LogP contribution < -0.4 is 0 Å². The van der Waals surface area contributed by atoms with E-state index < -0.39 is 6.10 Å². The molecule has 1 fully saturated rings. The van der Waals surface area contributed by atoms with Gasteiger partial charge >= 0.3 is 0 Å². The Labute approximate surface area is 106 Å². The van der Waals surface area contributed by atoms with E-state index in [0.29, 0.717) is 0 Å². The third-order valence-corrected chi connectivity index (χ3v) is 4.54. The first-order valence-electron chi connectivity index (χ1n) is 6.16. The summed E-state index contributed by atoms with van der Waals surface area (Å²) in [4.78, 5) is 1.02. The van der Waals surface area contributed by atoms with Crippen molar-refractivity contribution in [3.8, 4) is 0 Å². The van der Waals surface area contributed by atoms with Gasteiger partial charge in [-0.3, -0.25) is 0 Å². The molecule has 1 nitrogen and oxygen atoms in total. The summed E-state index contributed by atoms with van der Waals surface area (Å²) in [5, 5.41) is 12.3. The number of aliphatic hydroxyl groups excluding tert-OH is 1. The van der Waals surface area contributed by atoms with Gasteiger partial charge in [-0.05, 0) is 41.3 Å². The Balaban J connectivity index is 1.87. The summed E-state index contributed by atoms with van der Waals surface area (Å²) < 4.78 is 0. The second kappa shape index (κ2) is 4.63. The molecule has 0 radical (unpaired) electrons. The van der Waals surface area contributed by atoms with Gasteiger partial charge in [0.25, 0.3) is 0 Å². The highest BCUT2D eigenvalue weighted by Gasteiger charge is 2.20. The van der Waals surface area contributed by atoms with Crippen LogP contribution in [0.1, 0.15) is 47.3 Å². The fraction of sp³-hybridized carbons (Fsp3) is 0.333. The van der Waals surface area contributed by atoms with Crippen LogP contribution in [0, 0.1) is 0 Å². The highest BCUT2D eigenvalue weighted by atomic mass is 32.1. The molecule has 1 saturated carbocycles. The largest absolute Gasteiger partial charge is 0.383 e. The number of aliphatic hydroxyl groups is 1. The SMILES string of the molecule is OC(c1cccc(C2CCC2)c1)c1cccs1. The standard InChI is InChI=1S/C15H16OS/c16-15(14-8-3-9-17-14)13-7-2-6-12(10-13)11-4-1-5-11/h2-3,6-11,15-16H,1,4-5H2. The van der Waals surface area contributed by atoms with Crippen LogP contribution in [-0.2, 0) is 0 Å². The Morgan fingerprint density at radius 1 is 1.18 bits per heavy atom. The number of hydrogen-bond donors (Lipinski definition) is 1. The Morgan fingerprint density at radius 2 is 2.06 bits per heavy atom. The lowest BCUT2D eigenvalue weighted by atomic mass is 9.79. The molecule has 1 heterocycles. The van der Waals surface area contributed by atoms with Crippen LogP contribution >= 0.6 is 11.3 Å². The Hall–Kier alpha value is -1.12. The first kappa shape index (κ1) is 11.0. The van der Waals surface area contributed by atoms with Crippen LogP contribution in [0.25, 0.3) is 0 Å². The number of thiophene rings is 1. The zero-order valence-electron chi connectivity index (χ0n) is 9.67. The fourth-order valence-electron chi connectivity index (χ4n) is 2.34. The predicted octanol–water partition coefficient (Wildman–Crippen LogP) is 4.10. The first-order valence-corrected chi connectivity index (χ1v) is 7.04. The lowest BCUT2D eigenvalue weighted by molar-refractivity contribution is 0.224. The van der Waals surface area contributed by atoms with E-state index in [-0.39, 0.29) is 0 Å². The Bertz CT molecular complexity index is 485. The third kappa shape index (κ3) is 2.15. The predicted molar refractivity (Wildman–Crippen MR) is 71.4 cm³/mol. The number of benzene rings is 1. The molecule has 0 spiro atoms. The maximum Gasteiger partial charge on any atom is 0.113 e. The lowest BCUT2D eigenvalue weighted by Gasteiger charge is -2.26. The summed E-state index contributed by atoms with van der Waals surface area (Å²) in [6, 6.07) is 12.4. The van der Waals surface area contributed by atoms with E-state index in [1.165, 1.54) is 24.8 Å². The molecular weight excluding hydrogens is 228 g/mol. The topological polar surface area (TPSA) is 20.2 Å². The van der Waals surface area contributed by atoms with Crippen molar-refractivity contribution in [1.29, 1.82) is 0 Å². The molecule has 1 atom stereocenters. The summed E-state index contributed by atoms with van der Waals surface area (Å²) in [5.74, 6) is 0.727. The molecule has 1 N–H and O–H groups in total. The molecule has 0 amide bonds. The zero-order valence-corrected chi connectivity index (χ0v) is 10.5. The highest BCUT2D eigenvalue weighted by Crippen LogP contribution is 2.37. The van der Waals surface area contributed by atoms with Gasteiger partial charge in [-0.15, -0.1) is 11.3 Å². The molecule has 0 saturated heterocycles. The highest BCUT2D eigenvalue weighted by molar-refractivity contribution is 7.10. The molecule has 2 aromatic rings. The van der Waals surface area contributed by atoms with Crippen LogP contribution in [0.2, 0.25) is 0 Å². The van der Waals surface area contributed by atoms with Gasteiger partial charge in [-0.25, -0.2) is 0 Å². The second-order valence-electron chi connectivity index (χ2n) is 4.72. The minimum atomic E-state index is -0.463. The Morgan fingerprint density at radius 3 is 2.71 bits per heavy atom. The lowest BCUT2D eigenvalue weighted by Crippen LogP contribution is -2.09. The minimum absolute atomic E-state index is 0.463. The average Bonchev–Trinajstić information content (AvgIpc) is 2.79. The molecule has 1 aromatic carbocycles. The summed E-state index contributed by atoms with van der Waals surface area (Å²) in [6.07, 6.45) is 3.49. The Kier molecular flexibility index (Phi) is 3.00. The monoisotopic (exact) mass is 244 g/mol. The van der Waals surface area contributed by atoms with Gasteiger partial charge in [0.1, 0.15) is 6.10 Å². The van der Waals surface area contributed by atoms with Crippen molar-refractivity contribution in [2.24, 2.45) is 0 Å². The fourth-order valence-corrected chi connectivity index (χ4v) is 3.07. The molecule has 1 aliphatic rings. The van der Waals surface area contributed by atoms with Crippen molar-refractivity contribution < 1.29 is 5.11 Å². The van der Waals surface area contributed by atoms with Crippen LogP contribution in [0.5, 0.6) is 0 Å². The number of hydrogen-bond acceptors (Lipinski definition) is 2. The summed E-state index contributed by atoms with van der Waals surface area (Å²) in [7, 11) is 0. The molecule has 3 rings (SSSR count). The summed E-state index contributed by atoms with van der Waals surface area (Å²) in [5.41, 5.74) is 2.42. The van der Waals surface area contributed by atoms with Gasteiger partial charge in [0.15, 0.2) is 0 Å². The van der Waals surface area contributed by atoms with E-state index in [9.17, 15) is 5.11 Å². The van der Waals surface area contributed by atoms with Crippen LogP contribution in [0.3, 0.4) is 0 Å².